The van der Waals surface area contributed by atoms with Crippen molar-refractivity contribution in [1.29, 1.82) is 0 Å². The molecule has 2 rings (SSSR count). The van der Waals surface area contributed by atoms with Crippen molar-refractivity contribution in [3.63, 3.8) is 0 Å². The first-order valence-electron chi connectivity index (χ1n) is 7.59. The van der Waals surface area contributed by atoms with Crippen LogP contribution in [0, 0.1) is 6.92 Å². The fourth-order valence-electron chi connectivity index (χ4n) is 2.23. The van der Waals surface area contributed by atoms with Gasteiger partial charge in [-0.25, -0.2) is 0 Å². The standard InChI is InChI=1S/C16H19ClN2O3S2/c1-11-12(17)5-4-6-13(11)18-14(20)9-22-15(21)10-24-16(23)19-7-2-3-8-19/h4-6H,2-3,7-10H2,1H3,(H,18,20). The van der Waals surface area contributed by atoms with Crippen LogP contribution in [0.3, 0.4) is 0 Å². The number of hydrogen-bond donors (Lipinski definition) is 1. The summed E-state index contributed by atoms with van der Waals surface area (Å²) < 4.78 is 5.69. The molecule has 130 valence electrons. The van der Waals surface area contributed by atoms with Gasteiger partial charge in [-0.2, -0.15) is 0 Å². The number of hydrogen-bond acceptors (Lipinski definition) is 5. The highest BCUT2D eigenvalue weighted by atomic mass is 35.5. The lowest BCUT2D eigenvalue weighted by Gasteiger charge is -2.17. The molecule has 0 spiro atoms. The Bertz CT molecular complexity index is 634. The number of anilines is 1. The van der Waals surface area contributed by atoms with Crippen LogP contribution in [-0.4, -0.2) is 46.5 Å². The minimum absolute atomic E-state index is 0.110. The average molecular weight is 387 g/mol. The summed E-state index contributed by atoms with van der Waals surface area (Å²) in [6.45, 7) is 3.37. The molecule has 1 fully saturated rings. The third-order valence-corrected chi connectivity index (χ3v) is 5.49. The van der Waals surface area contributed by atoms with E-state index in [1.165, 1.54) is 11.8 Å². The van der Waals surface area contributed by atoms with Crippen molar-refractivity contribution in [2.45, 2.75) is 19.8 Å². The molecule has 8 heteroatoms. The molecule has 0 atom stereocenters. The number of carbonyl (C=O) groups excluding carboxylic acids is 2. The SMILES string of the molecule is Cc1c(Cl)cccc1NC(=O)COC(=O)CSC(=S)N1CCCC1. The summed E-state index contributed by atoms with van der Waals surface area (Å²) in [6.07, 6.45) is 2.27. The van der Waals surface area contributed by atoms with Crippen LogP contribution in [0.5, 0.6) is 0 Å². The molecule has 1 aliphatic heterocycles. The van der Waals surface area contributed by atoms with Gasteiger partial charge in [-0.3, -0.25) is 9.59 Å². The van der Waals surface area contributed by atoms with E-state index in [4.69, 9.17) is 28.6 Å². The van der Waals surface area contributed by atoms with Gasteiger partial charge in [0.2, 0.25) is 0 Å². The Morgan fingerprint density at radius 3 is 2.79 bits per heavy atom. The summed E-state index contributed by atoms with van der Waals surface area (Å²) in [5, 5.41) is 3.24. The first-order valence-corrected chi connectivity index (χ1v) is 9.37. The second kappa shape index (κ2) is 9.25. The zero-order valence-corrected chi connectivity index (χ0v) is 15.7. The van der Waals surface area contributed by atoms with E-state index in [1.54, 1.807) is 25.1 Å². The van der Waals surface area contributed by atoms with Crippen molar-refractivity contribution in [3.8, 4) is 0 Å². The van der Waals surface area contributed by atoms with E-state index in [9.17, 15) is 9.59 Å². The Hall–Kier alpha value is -1.31. The summed E-state index contributed by atoms with van der Waals surface area (Å²) in [6, 6.07) is 5.23. The van der Waals surface area contributed by atoms with Crippen molar-refractivity contribution in [1.82, 2.24) is 4.90 Å². The van der Waals surface area contributed by atoms with E-state index >= 15 is 0 Å². The van der Waals surface area contributed by atoms with Crippen LogP contribution in [0.25, 0.3) is 0 Å². The van der Waals surface area contributed by atoms with Gasteiger partial charge in [0, 0.05) is 23.8 Å². The number of esters is 1. The molecule has 0 radical (unpaired) electrons. The highest BCUT2D eigenvalue weighted by Gasteiger charge is 2.17. The van der Waals surface area contributed by atoms with Crippen molar-refractivity contribution in [2.75, 3.05) is 30.8 Å². The molecule has 0 aliphatic carbocycles. The first-order chi connectivity index (χ1) is 11.5. The Labute approximate surface area is 156 Å². The van der Waals surface area contributed by atoms with E-state index < -0.39 is 11.9 Å². The van der Waals surface area contributed by atoms with Gasteiger partial charge in [-0.05, 0) is 37.5 Å². The smallest absolute Gasteiger partial charge is 0.316 e. The maximum atomic E-state index is 11.9. The van der Waals surface area contributed by atoms with Crippen LogP contribution in [0.2, 0.25) is 5.02 Å². The molecule has 24 heavy (non-hydrogen) atoms. The minimum Gasteiger partial charge on any atom is -0.455 e. The van der Waals surface area contributed by atoms with E-state index in [2.05, 4.69) is 10.2 Å². The van der Waals surface area contributed by atoms with Crippen LogP contribution in [0.4, 0.5) is 5.69 Å². The van der Waals surface area contributed by atoms with Gasteiger partial charge < -0.3 is 15.0 Å². The molecule has 0 aromatic heterocycles. The fraction of sp³-hybridized carbons (Fsp3) is 0.438. The largest absolute Gasteiger partial charge is 0.455 e. The molecular weight excluding hydrogens is 368 g/mol. The third-order valence-electron chi connectivity index (χ3n) is 3.58. The van der Waals surface area contributed by atoms with Crippen LogP contribution >= 0.6 is 35.6 Å². The van der Waals surface area contributed by atoms with Gasteiger partial charge >= 0.3 is 5.97 Å². The molecular formula is C16H19ClN2O3S2. The Kier molecular flexibility index (Phi) is 7.33. The van der Waals surface area contributed by atoms with Gasteiger partial charge in [-0.15, -0.1) is 0 Å². The van der Waals surface area contributed by atoms with Gasteiger partial charge in [0.05, 0.1) is 5.75 Å². The second-order valence-corrected chi connectivity index (χ2v) is 7.39. The molecule has 1 aliphatic rings. The van der Waals surface area contributed by atoms with Crippen LogP contribution < -0.4 is 5.32 Å². The Morgan fingerprint density at radius 1 is 1.38 bits per heavy atom. The first kappa shape index (κ1) is 19.0. The highest BCUT2D eigenvalue weighted by molar-refractivity contribution is 8.23. The Balaban J connectivity index is 1.70. The number of thioether (sulfide) groups is 1. The average Bonchev–Trinajstić information content (AvgIpc) is 3.09. The van der Waals surface area contributed by atoms with E-state index in [0.29, 0.717) is 15.0 Å². The molecule has 0 bridgehead atoms. The van der Waals surface area contributed by atoms with E-state index in [-0.39, 0.29) is 12.4 Å². The molecule has 1 N–H and O–H groups in total. The van der Waals surface area contributed by atoms with Gasteiger partial charge in [-0.1, -0.05) is 41.6 Å². The molecule has 1 amide bonds. The molecule has 1 heterocycles. The predicted molar refractivity (Wildman–Crippen MR) is 102 cm³/mol. The van der Waals surface area contributed by atoms with E-state index in [1.807, 2.05) is 0 Å². The third kappa shape index (κ3) is 5.65. The lowest BCUT2D eigenvalue weighted by Crippen LogP contribution is -2.25. The summed E-state index contributed by atoms with van der Waals surface area (Å²) in [5.74, 6) is -0.751. The zero-order valence-electron chi connectivity index (χ0n) is 13.3. The number of carbonyl (C=O) groups is 2. The van der Waals surface area contributed by atoms with E-state index in [0.717, 1.165) is 31.5 Å². The quantitative estimate of drug-likeness (QED) is 0.619. The van der Waals surface area contributed by atoms with Crippen molar-refractivity contribution in [2.24, 2.45) is 0 Å². The van der Waals surface area contributed by atoms with Gasteiger partial charge in [0.15, 0.2) is 6.61 Å². The van der Waals surface area contributed by atoms with Crippen molar-refractivity contribution >= 4 is 57.5 Å². The van der Waals surface area contributed by atoms with Crippen molar-refractivity contribution in [3.05, 3.63) is 28.8 Å². The normalized spacial score (nSPS) is 13.7. The number of benzene rings is 1. The molecule has 0 saturated carbocycles. The number of halogens is 1. The monoisotopic (exact) mass is 386 g/mol. The highest BCUT2D eigenvalue weighted by Crippen LogP contribution is 2.22. The molecule has 1 saturated heterocycles. The number of likely N-dealkylation sites (tertiary alicyclic amines) is 1. The summed E-state index contributed by atoms with van der Waals surface area (Å²) in [4.78, 5) is 25.7. The molecule has 5 nitrogen and oxygen atoms in total. The number of rotatable bonds is 5. The Morgan fingerprint density at radius 2 is 2.08 bits per heavy atom. The molecule has 1 aromatic rings. The fourth-order valence-corrected chi connectivity index (χ4v) is 3.45. The number of ether oxygens (including phenoxy) is 1. The number of amides is 1. The maximum absolute atomic E-state index is 11.9. The summed E-state index contributed by atoms with van der Waals surface area (Å²) in [5.41, 5.74) is 1.37. The molecule has 1 aromatic carbocycles. The second-order valence-electron chi connectivity index (χ2n) is 5.37. The maximum Gasteiger partial charge on any atom is 0.316 e. The van der Waals surface area contributed by atoms with Crippen LogP contribution in [-0.2, 0) is 14.3 Å². The van der Waals surface area contributed by atoms with Gasteiger partial charge in [0.25, 0.3) is 5.91 Å². The topological polar surface area (TPSA) is 58.6 Å². The lowest BCUT2D eigenvalue weighted by atomic mass is 10.2. The molecule has 0 unspecified atom stereocenters. The number of thiocarbonyl (C=S) groups is 1. The van der Waals surface area contributed by atoms with Crippen LogP contribution in [0.15, 0.2) is 18.2 Å². The minimum atomic E-state index is -0.459. The summed E-state index contributed by atoms with van der Waals surface area (Å²) >= 11 is 12.5. The van der Waals surface area contributed by atoms with Crippen LogP contribution in [0.1, 0.15) is 18.4 Å². The lowest BCUT2D eigenvalue weighted by molar-refractivity contribution is -0.144. The number of nitrogens with one attached hydrogen (secondary N) is 1. The number of nitrogens with zero attached hydrogens (tertiary/aromatic N) is 1. The zero-order chi connectivity index (χ0) is 17.5. The van der Waals surface area contributed by atoms with Gasteiger partial charge in [0.1, 0.15) is 4.32 Å². The van der Waals surface area contributed by atoms with Crippen molar-refractivity contribution < 1.29 is 14.3 Å². The summed E-state index contributed by atoms with van der Waals surface area (Å²) in [7, 11) is 0. The predicted octanol–water partition coefficient (Wildman–Crippen LogP) is 3.24.